The van der Waals surface area contributed by atoms with Crippen LogP contribution in [0.5, 0.6) is 0 Å². The lowest BCUT2D eigenvalue weighted by atomic mass is 10.1. The van der Waals surface area contributed by atoms with Crippen molar-refractivity contribution in [1.29, 1.82) is 0 Å². The van der Waals surface area contributed by atoms with Gasteiger partial charge in [0.2, 0.25) is 6.29 Å². The van der Waals surface area contributed by atoms with E-state index in [2.05, 4.69) is 4.98 Å². The van der Waals surface area contributed by atoms with Gasteiger partial charge in [0.25, 0.3) is 5.91 Å². The summed E-state index contributed by atoms with van der Waals surface area (Å²) in [5.74, 6) is -0.705. The molecule has 7 heteroatoms. The van der Waals surface area contributed by atoms with Gasteiger partial charge < -0.3 is 4.90 Å². The summed E-state index contributed by atoms with van der Waals surface area (Å²) in [7, 11) is 0. The highest BCUT2D eigenvalue weighted by molar-refractivity contribution is 6.23. The molecule has 3 rings (SSSR count). The van der Waals surface area contributed by atoms with Crippen molar-refractivity contribution in [1.82, 2.24) is 9.88 Å². The molecule has 0 bridgehead atoms. The third-order valence-corrected chi connectivity index (χ3v) is 4.35. The van der Waals surface area contributed by atoms with Gasteiger partial charge in [-0.3, -0.25) is 14.6 Å². The van der Waals surface area contributed by atoms with Crippen LogP contribution in [-0.2, 0) is 28.7 Å². The van der Waals surface area contributed by atoms with Crippen LogP contribution < -0.4 is 0 Å². The van der Waals surface area contributed by atoms with Crippen LogP contribution in [0.25, 0.3) is 0 Å². The Morgan fingerprint density at radius 2 is 2.00 bits per heavy atom. The highest BCUT2D eigenvalue weighted by Crippen LogP contribution is 2.36. The molecule has 0 N–H and O–H groups in total. The Kier molecular flexibility index (Phi) is 4.57. The number of fused-ring (bicyclic) bond motifs is 1. The van der Waals surface area contributed by atoms with Gasteiger partial charge in [0.05, 0.1) is 23.8 Å². The lowest BCUT2D eigenvalue weighted by molar-refractivity contribution is -0.141. The van der Waals surface area contributed by atoms with E-state index in [1.807, 2.05) is 24.3 Å². The number of aryl methyl sites for hydroxylation is 1. The molecule has 1 unspecified atom stereocenters. The lowest BCUT2D eigenvalue weighted by Crippen LogP contribution is -2.34. The number of aromatic nitrogens is 1. The van der Waals surface area contributed by atoms with Crippen molar-refractivity contribution in [2.45, 2.75) is 31.6 Å². The smallest absolute Gasteiger partial charge is 0.323 e. The first-order valence-electron chi connectivity index (χ1n) is 7.76. The van der Waals surface area contributed by atoms with Crippen LogP contribution >= 0.6 is 0 Å². The van der Waals surface area contributed by atoms with Crippen LogP contribution in [0.1, 0.15) is 34.8 Å². The van der Waals surface area contributed by atoms with Gasteiger partial charge in [-0.15, -0.1) is 0 Å². The SMILES string of the molecule is O=CC(=O)N(Cc1ccc(C(F)(F)F)cn1)C1CCc2ccccc21. The van der Waals surface area contributed by atoms with Crippen LogP contribution in [0.4, 0.5) is 13.2 Å². The fourth-order valence-corrected chi connectivity index (χ4v) is 3.13. The minimum absolute atomic E-state index is 0.0191. The zero-order valence-corrected chi connectivity index (χ0v) is 13.2. The summed E-state index contributed by atoms with van der Waals surface area (Å²) in [6.07, 6.45) is -2.05. The fourth-order valence-electron chi connectivity index (χ4n) is 3.13. The third kappa shape index (κ3) is 3.55. The second-order valence-corrected chi connectivity index (χ2v) is 5.87. The highest BCUT2D eigenvalue weighted by Gasteiger charge is 2.32. The quantitative estimate of drug-likeness (QED) is 0.629. The van der Waals surface area contributed by atoms with E-state index in [9.17, 15) is 22.8 Å². The van der Waals surface area contributed by atoms with Gasteiger partial charge in [-0.1, -0.05) is 24.3 Å². The Labute approximate surface area is 142 Å². The van der Waals surface area contributed by atoms with Gasteiger partial charge in [-0.2, -0.15) is 13.2 Å². The topological polar surface area (TPSA) is 50.3 Å². The van der Waals surface area contributed by atoms with Gasteiger partial charge in [0.1, 0.15) is 0 Å². The van der Waals surface area contributed by atoms with E-state index in [1.54, 1.807) is 0 Å². The summed E-state index contributed by atoms with van der Waals surface area (Å²) in [6.45, 7) is -0.0191. The van der Waals surface area contributed by atoms with Gasteiger partial charge in [0.15, 0.2) is 0 Å². The van der Waals surface area contributed by atoms with Crippen LogP contribution in [0.2, 0.25) is 0 Å². The van der Waals surface area contributed by atoms with E-state index < -0.39 is 17.6 Å². The zero-order valence-electron chi connectivity index (χ0n) is 13.2. The molecule has 0 fully saturated rings. The Morgan fingerprint density at radius 3 is 2.64 bits per heavy atom. The van der Waals surface area contributed by atoms with Crippen LogP contribution in [0.3, 0.4) is 0 Å². The molecule has 0 saturated heterocycles. The first kappa shape index (κ1) is 17.1. The monoisotopic (exact) mass is 348 g/mol. The Bertz CT molecular complexity index is 788. The molecule has 1 heterocycles. The molecule has 1 aromatic heterocycles. The molecule has 1 aliphatic carbocycles. The molecule has 25 heavy (non-hydrogen) atoms. The number of hydrogen-bond acceptors (Lipinski definition) is 3. The number of pyridine rings is 1. The predicted molar refractivity (Wildman–Crippen MR) is 83.4 cm³/mol. The number of carbonyl (C=O) groups is 2. The van der Waals surface area contributed by atoms with Crippen molar-refractivity contribution in [3.8, 4) is 0 Å². The standard InChI is InChI=1S/C18H15F3N2O2/c19-18(20,21)13-6-7-14(22-9-13)10-23(17(25)11-24)16-8-5-12-3-1-2-4-15(12)16/h1-4,6-7,9,11,16H,5,8,10H2. The minimum Gasteiger partial charge on any atom is -0.323 e. The van der Waals surface area contributed by atoms with Gasteiger partial charge in [-0.25, -0.2) is 0 Å². The van der Waals surface area contributed by atoms with Gasteiger partial charge >= 0.3 is 6.18 Å². The predicted octanol–water partition coefficient (Wildman–Crippen LogP) is 3.32. The normalized spacial score (nSPS) is 16.4. The first-order valence-corrected chi connectivity index (χ1v) is 7.76. The van der Waals surface area contributed by atoms with Crippen molar-refractivity contribution in [3.05, 3.63) is 65.0 Å². The second kappa shape index (κ2) is 6.66. The molecule has 1 aliphatic rings. The van der Waals surface area contributed by atoms with E-state index in [0.717, 1.165) is 29.8 Å². The minimum atomic E-state index is -4.46. The largest absolute Gasteiger partial charge is 0.417 e. The number of benzene rings is 1. The number of alkyl halides is 3. The maximum Gasteiger partial charge on any atom is 0.417 e. The third-order valence-electron chi connectivity index (χ3n) is 4.35. The number of aldehydes is 1. The number of hydrogen-bond donors (Lipinski definition) is 0. The maximum atomic E-state index is 12.6. The van der Waals surface area contributed by atoms with E-state index >= 15 is 0 Å². The van der Waals surface area contributed by atoms with Crippen molar-refractivity contribution in [2.75, 3.05) is 0 Å². The molecular formula is C18H15F3N2O2. The molecule has 1 aromatic carbocycles. The average Bonchev–Trinajstić information content (AvgIpc) is 3.02. The molecule has 2 aromatic rings. The fraction of sp³-hybridized carbons (Fsp3) is 0.278. The van der Waals surface area contributed by atoms with Crippen molar-refractivity contribution >= 4 is 12.2 Å². The molecule has 1 atom stereocenters. The summed E-state index contributed by atoms with van der Waals surface area (Å²) in [5.41, 5.74) is 1.52. The first-order chi connectivity index (χ1) is 11.9. The number of carbonyl (C=O) groups excluding carboxylic acids is 2. The summed E-state index contributed by atoms with van der Waals surface area (Å²) >= 11 is 0. The molecule has 130 valence electrons. The van der Waals surface area contributed by atoms with Crippen LogP contribution in [0, 0.1) is 0 Å². The number of halogens is 3. The number of amides is 1. The average molecular weight is 348 g/mol. The van der Waals surface area contributed by atoms with E-state index in [0.29, 0.717) is 12.1 Å². The molecular weight excluding hydrogens is 333 g/mol. The maximum absolute atomic E-state index is 12.6. The van der Waals surface area contributed by atoms with Crippen molar-refractivity contribution < 1.29 is 22.8 Å². The van der Waals surface area contributed by atoms with Gasteiger partial charge in [-0.05, 0) is 36.1 Å². The van der Waals surface area contributed by atoms with Crippen molar-refractivity contribution in [3.63, 3.8) is 0 Å². The second-order valence-electron chi connectivity index (χ2n) is 5.87. The number of rotatable bonds is 4. The van der Waals surface area contributed by atoms with Crippen LogP contribution in [0.15, 0.2) is 42.6 Å². The molecule has 0 radical (unpaired) electrons. The summed E-state index contributed by atoms with van der Waals surface area (Å²) in [6, 6.07) is 9.51. The Morgan fingerprint density at radius 1 is 1.24 bits per heavy atom. The number of nitrogens with zero attached hydrogens (tertiary/aromatic N) is 2. The summed E-state index contributed by atoms with van der Waals surface area (Å²) in [4.78, 5) is 28.3. The molecule has 0 saturated carbocycles. The highest BCUT2D eigenvalue weighted by atomic mass is 19.4. The van der Waals surface area contributed by atoms with E-state index in [-0.39, 0.29) is 18.9 Å². The molecule has 0 aliphatic heterocycles. The summed E-state index contributed by atoms with van der Waals surface area (Å²) in [5, 5.41) is 0. The summed E-state index contributed by atoms with van der Waals surface area (Å²) < 4.78 is 37.9. The molecule has 0 spiro atoms. The lowest BCUT2D eigenvalue weighted by Gasteiger charge is -2.28. The van der Waals surface area contributed by atoms with Crippen molar-refractivity contribution in [2.24, 2.45) is 0 Å². The molecule has 1 amide bonds. The van der Waals surface area contributed by atoms with E-state index in [4.69, 9.17) is 0 Å². The van der Waals surface area contributed by atoms with E-state index in [1.165, 1.54) is 11.0 Å². The van der Waals surface area contributed by atoms with Crippen LogP contribution in [-0.4, -0.2) is 22.1 Å². The zero-order chi connectivity index (χ0) is 18.0. The van der Waals surface area contributed by atoms with Gasteiger partial charge in [0, 0.05) is 6.20 Å². The Balaban J connectivity index is 1.86. The Hall–Kier alpha value is -2.70. The molecule has 4 nitrogen and oxygen atoms in total.